The van der Waals surface area contributed by atoms with Gasteiger partial charge in [-0.3, -0.25) is 0 Å². The lowest BCUT2D eigenvalue weighted by molar-refractivity contribution is 0.521. The molecule has 0 bridgehead atoms. The summed E-state index contributed by atoms with van der Waals surface area (Å²) in [6, 6.07) is 13.3. The van der Waals surface area contributed by atoms with Gasteiger partial charge in [0, 0.05) is 5.57 Å². The van der Waals surface area contributed by atoms with Gasteiger partial charge in [-0.2, -0.15) is 0 Å². The number of furan rings is 1. The summed E-state index contributed by atoms with van der Waals surface area (Å²) in [4.78, 5) is 0. The molecule has 0 radical (unpaired) electrons. The van der Waals surface area contributed by atoms with E-state index in [2.05, 4.69) is 71.9 Å². The Hall–Kier alpha value is -2.28. The highest BCUT2D eigenvalue weighted by atomic mass is 16.3. The maximum absolute atomic E-state index is 5.99. The number of allylic oxidation sites excluding steroid dienone is 1. The largest absolute Gasteiger partial charge is 0.461 e. The quantitative estimate of drug-likeness (QED) is 0.491. The van der Waals surface area contributed by atoms with Crippen molar-refractivity contribution in [3.8, 4) is 11.1 Å². The predicted octanol–water partition coefficient (Wildman–Crippen LogP) is 7.27. The molecule has 0 spiro atoms. The van der Waals surface area contributed by atoms with Gasteiger partial charge in [0.2, 0.25) is 0 Å². The minimum Gasteiger partial charge on any atom is -0.461 e. The van der Waals surface area contributed by atoms with Crippen molar-refractivity contribution >= 4 is 5.57 Å². The first-order valence-electron chi connectivity index (χ1n) is 9.08. The van der Waals surface area contributed by atoms with Crippen molar-refractivity contribution in [3.63, 3.8) is 0 Å². The number of aryl methyl sites for hydroxylation is 3. The van der Waals surface area contributed by atoms with Gasteiger partial charge in [0.1, 0.15) is 11.5 Å². The summed E-state index contributed by atoms with van der Waals surface area (Å²) in [6.07, 6.45) is 0. The normalized spacial score (nSPS) is 11.4. The van der Waals surface area contributed by atoms with Crippen LogP contribution in [0.15, 0.2) is 46.4 Å². The van der Waals surface area contributed by atoms with Crippen molar-refractivity contribution in [3.05, 3.63) is 75.7 Å². The summed E-state index contributed by atoms with van der Waals surface area (Å²) in [5, 5.41) is 0. The van der Waals surface area contributed by atoms with Crippen LogP contribution in [-0.2, 0) is 0 Å². The first kappa shape index (κ1) is 17.5. The van der Waals surface area contributed by atoms with Crippen molar-refractivity contribution in [2.75, 3.05) is 0 Å². The van der Waals surface area contributed by atoms with Crippen LogP contribution in [0.5, 0.6) is 0 Å². The van der Waals surface area contributed by atoms with E-state index in [-0.39, 0.29) is 0 Å². The zero-order chi connectivity index (χ0) is 18.3. The molecular formula is C24H28O. The fourth-order valence-electron chi connectivity index (χ4n) is 3.61. The van der Waals surface area contributed by atoms with Crippen LogP contribution in [-0.4, -0.2) is 0 Å². The Morgan fingerprint density at radius 2 is 1.60 bits per heavy atom. The Kier molecular flexibility index (Phi) is 4.60. The SMILES string of the molecule is CC(C)=C(c1ccc(C)o1)c1cc(C)c2cc(C(C)C)ccc(C)c1-2. The average molecular weight is 332 g/mol. The molecule has 0 aliphatic heterocycles. The molecule has 0 aromatic carbocycles. The Morgan fingerprint density at radius 3 is 2.16 bits per heavy atom. The molecule has 1 heteroatoms. The predicted molar refractivity (Wildman–Crippen MR) is 107 cm³/mol. The van der Waals surface area contributed by atoms with E-state index in [1.165, 1.54) is 44.5 Å². The first-order chi connectivity index (χ1) is 11.8. The lowest BCUT2D eigenvalue weighted by Gasteiger charge is -2.10. The van der Waals surface area contributed by atoms with E-state index in [0.717, 1.165) is 11.5 Å². The Labute approximate surface area is 151 Å². The highest BCUT2D eigenvalue weighted by Crippen LogP contribution is 2.42. The number of fused-ring (bicyclic) bond motifs is 1. The molecular weight excluding hydrogens is 304 g/mol. The maximum atomic E-state index is 5.99. The fraction of sp³-hybridized carbons (Fsp3) is 0.333. The van der Waals surface area contributed by atoms with Gasteiger partial charge in [0.25, 0.3) is 0 Å². The lowest BCUT2D eigenvalue weighted by Crippen LogP contribution is -1.90. The fourth-order valence-corrected chi connectivity index (χ4v) is 3.61. The zero-order valence-electron chi connectivity index (χ0n) is 16.4. The van der Waals surface area contributed by atoms with Gasteiger partial charge in [0.05, 0.1) is 0 Å². The monoisotopic (exact) mass is 332 g/mol. The molecule has 0 atom stereocenters. The number of hydrogen-bond acceptors (Lipinski definition) is 1. The van der Waals surface area contributed by atoms with Gasteiger partial charge in [0.15, 0.2) is 0 Å². The summed E-state index contributed by atoms with van der Waals surface area (Å²) >= 11 is 0. The summed E-state index contributed by atoms with van der Waals surface area (Å²) in [6.45, 7) is 15.3. The van der Waals surface area contributed by atoms with E-state index in [9.17, 15) is 0 Å². The molecule has 0 saturated carbocycles. The van der Waals surface area contributed by atoms with Crippen LogP contribution in [0.1, 0.15) is 67.4 Å². The smallest absolute Gasteiger partial charge is 0.134 e. The molecule has 0 unspecified atom stereocenters. The molecule has 130 valence electrons. The molecule has 1 nitrogen and oxygen atoms in total. The molecule has 2 aliphatic carbocycles. The van der Waals surface area contributed by atoms with Gasteiger partial charge in [-0.1, -0.05) is 43.7 Å². The lowest BCUT2D eigenvalue weighted by atomic mass is 9.94. The molecule has 0 amide bonds. The number of hydrogen-bond donors (Lipinski definition) is 0. The zero-order valence-corrected chi connectivity index (χ0v) is 16.4. The van der Waals surface area contributed by atoms with Crippen LogP contribution in [0.4, 0.5) is 0 Å². The van der Waals surface area contributed by atoms with Gasteiger partial charge in [-0.15, -0.1) is 0 Å². The van der Waals surface area contributed by atoms with E-state index in [4.69, 9.17) is 4.42 Å². The second-order valence-electron chi connectivity index (χ2n) is 7.63. The summed E-state index contributed by atoms with van der Waals surface area (Å²) in [5.74, 6) is 2.42. The average Bonchev–Trinajstić information content (AvgIpc) is 3.01. The molecule has 0 fully saturated rings. The second-order valence-corrected chi connectivity index (χ2v) is 7.63. The van der Waals surface area contributed by atoms with Gasteiger partial charge in [-0.05, 0) is 86.1 Å². The van der Waals surface area contributed by atoms with E-state index < -0.39 is 0 Å². The van der Waals surface area contributed by atoms with Crippen molar-refractivity contribution in [2.45, 2.75) is 54.4 Å². The van der Waals surface area contributed by atoms with Crippen LogP contribution in [0.25, 0.3) is 16.7 Å². The molecule has 2 aliphatic rings. The van der Waals surface area contributed by atoms with Crippen LogP contribution in [0.3, 0.4) is 0 Å². The minimum atomic E-state index is 0.517. The molecule has 1 heterocycles. The molecule has 1 aromatic heterocycles. The van der Waals surface area contributed by atoms with E-state index >= 15 is 0 Å². The van der Waals surface area contributed by atoms with Gasteiger partial charge >= 0.3 is 0 Å². The molecule has 25 heavy (non-hydrogen) atoms. The Balaban J connectivity index is 2.30. The maximum Gasteiger partial charge on any atom is 0.134 e. The van der Waals surface area contributed by atoms with E-state index in [1.54, 1.807) is 0 Å². The van der Waals surface area contributed by atoms with Gasteiger partial charge < -0.3 is 4.42 Å². The minimum absolute atomic E-state index is 0.517. The third kappa shape index (κ3) is 3.16. The molecule has 3 rings (SSSR count). The van der Waals surface area contributed by atoms with Crippen LogP contribution < -0.4 is 0 Å². The highest BCUT2D eigenvalue weighted by molar-refractivity contribution is 5.93. The third-order valence-corrected chi connectivity index (χ3v) is 4.98. The van der Waals surface area contributed by atoms with Crippen LogP contribution in [0.2, 0.25) is 0 Å². The molecule has 0 N–H and O–H groups in total. The topological polar surface area (TPSA) is 13.1 Å². The van der Waals surface area contributed by atoms with Crippen molar-refractivity contribution in [1.82, 2.24) is 0 Å². The highest BCUT2D eigenvalue weighted by Gasteiger charge is 2.22. The van der Waals surface area contributed by atoms with Gasteiger partial charge in [-0.25, -0.2) is 0 Å². The summed E-state index contributed by atoms with van der Waals surface area (Å²) < 4.78 is 5.99. The standard InChI is InChI=1S/C24H28O/c1-14(2)19-10-8-16(5)24-20(13-19)17(6)12-21(24)23(15(3)4)22-11-9-18(7)25-22/h8-14H,1-7H3. The second kappa shape index (κ2) is 6.55. The first-order valence-corrected chi connectivity index (χ1v) is 9.08. The van der Waals surface area contributed by atoms with Crippen LogP contribution >= 0.6 is 0 Å². The molecule has 0 saturated heterocycles. The van der Waals surface area contributed by atoms with Crippen LogP contribution in [0, 0.1) is 20.8 Å². The third-order valence-electron chi connectivity index (χ3n) is 4.98. The Bertz CT molecular complexity index is 917. The summed E-state index contributed by atoms with van der Waals surface area (Å²) in [5.41, 5.74) is 10.5. The number of rotatable bonds is 3. The van der Waals surface area contributed by atoms with Crippen molar-refractivity contribution in [2.24, 2.45) is 0 Å². The van der Waals surface area contributed by atoms with Crippen molar-refractivity contribution < 1.29 is 4.42 Å². The van der Waals surface area contributed by atoms with E-state index in [1.807, 2.05) is 13.0 Å². The Morgan fingerprint density at radius 1 is 0.880 bits per heavy atom. The van der Waals surface area contributed by atoms with E-state index in [0.29, 0.717) is 5.92 Å². The van der Waals surface area contributed by atoms with Crippen molar-refractivity contribution in [1.29, 1.82) is 0 Å². The molecule has 1 aromatic rings. The summed E-state index contributed by atoms with van der Waals surface area (Å²) in [7, 11) is 0.